The van der Waals surface area contributed by atoms with Gasteiger partial charge in [0.15, 0.2) is 11.5 Å². The minimum Gasteiger partial charge on any atom is -0.504 e. The van der Waals surface area contributed by atoms with Gasteiger partial charge in [-0.2, -0.15) is 0 Å². The quantitative estimate of drug-likeness (QED) is 0.0463. The number of fused-ring (bicyclic) bond motifs is 1. The molecule has 10 heteroatoms. The van der Waals surface area contributed by atoms with Gasteiger partial charge < -0.3 is 24.8 Å². The molecule has 8 rings (SSSR count). The Hall–Kier alpha value is -5.12. The fraction of sp³-hybridized carbons (Fsp3) is 0.400. The van der Waals surface area contributed by atoms with Gasteiger partial charge in [0.05, 0.1) is 23.2 Å². The van der Waals surface area contributed by atoms with E-state index in [4.69, 9.17) is 9.47 Å². The van der Waals surface area contributed by atoms with Crippen LogP contribution in [0.5, 0.6) is 11.5 Å². The molecule has 4 fully saturated rings. The molecule has 0 aromatic heterocycles. The third-order valence-corrected chi connectivity index (χ3v) is 11.3. The second kappa shape index (κ2) is 13.3. The van der Waals surface area contributed by atoms with Crippen molar-refractivity contribution in [3.8, 4) is 22.6 Å². The number of ether oxygens (including phenoxy) is 2. The van der Waals surface area contributed by atoms with E-state index in [9.17, 15) is 35.0 Å². The molecule has 1 unspecified atom stereocenters. The lowest BCUT2D eigenvalue weighted by atomic mass is 9.47. The average molecular weight is 680 g/mol. The Morgan fingerprint density at radius 2 is 1.48 bits per heavy atom. The van der Waals surface area contributed by atoms with Crippen LogP contribution >= 0.6 is 0 Å². The van der Waals surface area contributed by atoms with Gasteiger partial charge in [-0.1, -0.05) is 43.3 Å². The molecule has 4 aromatic carbocycles. The fourth-order valence-corrected chi connectivity index (χ4v) is 9.34. The zero-order chi connectivity index (χ0) is 35.2. The zero-order valence-electron chi connectivity index (χ0n) is 28.0. The molecule has 0 saturated heterocycles. The monoisotopic (exact) mass is 679 g/mol. The van der Waals surface area contributed by atoms with Crippen LogP contribution in [0.25, 0.3) is 21.9 Å². The maximum absolute atomic E-state index is 12.5. The number of carboxylic acids is 1. The number of hydrogen-bond acceptors (Lipinski definition) is 8. The van der Waals surface area contributed by atoms with Crippen molar-refractivity contribution in [2.24, 2.45) is 17.8 Å². The zero-order valence-corrected chi connectivity index (χ0v) is 28.0. The minimum absolute atomic E-state index is 0.134. The second-order valence-corrected chi connectivity index (χ2v) is 14.7. The van der Waals surface area contributed by atoms with Crippen LogP contribution in [0.1, 0.15) is 84.8 Å². The van der Waals surface area contributed by atoms with Crippen LogP contribution in [0.4, 0.5) is 10.5 Å². The Bertz CT molecular complexity index is 1950. The van der Waals surface area contributed by atoms with Crippen molar-refractivity contribution in [3.05, 3.63) is 99.1 Å². The van der Waals surface area contributed by atoms with Crippen molar-refractivity contribution < 1.29 is 39.3 Å². The molecule has 0 radical (unpaired) electrons. The van der Waals surface area contributed by atoms with E-state index in [-0.39, 0.29) is 35.4 Å². The summed E-state index contributed by atoms with van der Waals surface area (Å²) in [6.45, 7) is 1.57. The van der Waals surface area contributed by atoms with Crippen molar-refractivity contribution in [1.82, 2.24) is 0 Å². The summed E-state index contributed by atoms with van der Waals surface area (Å²) in [5.74, 6) is -0.335. The number of hydrogen-bond donors (Lipinski definition) is 3. The number of aromatic carboxylic acids is 1. The summed E-state index contributed by atoms with van der Waals surface area (Å²) in [4.78, 5) is 34.7. The lowest BCUT2D eigenvalue weighted by Crippen LogP contribution is -2.49. The molecule has 4 aromatic rings. The van der Waals surface area contributed by atoms with Gasteiger partial charge in [-0.25, -0.2) is 9.59 Å². The number of nitrogens with zero attached hydrogens (tertiary/aromatic N) is 1. The maximum atomic E-state index is 12.5. The molecule has 0 amide bonds. The van der Waals surface area contributed by atoms with Crippen molar-refractivity contribution in [2.75, 3.05) is 13.2 Å². The molecule has 4 bridgehead atoms. The van der Waals surface area contributed by atoms with Crippen molar-refractivity contribution >= 4 is 28.6 Å². The molecule has 50 heavy (non-hydrogen) atoms. The topological polar surface area (TPSA) is 156 Å². The molecular formula is C40H41NO9. The van der Waals surface area contributed by atoms with Gasteiger partial charge in [-0.15, -0.1) is 0 Å². The molecule has 3 N–H and O–H groups in total. The first-order valence-corrected chi connectivity index (χ1v) is 17.4. The number of benzene rings is 4. The van der Waals surface area contributed by atoms with Gasteiger partial charge in [0.2, 0.25) is 0 Å². The van der Waals surface area contributed by atoms with E-state index in [1.54, 1.807) is 19.1 Å². The van der Waals surface area contributed by atoms with E-state index in [1.165, 1.54) is 49.7 Å². The van der Waals surface area contributed by atoms with E-state index >= 15 is 0 Å². The highest BCUT2D eigenvalue weighted by Gasteiger charge is 2.52. The highest BCUT2D eigenvalue weighted by molar-refractivity contribution is 5.95. The molecule has 4 saturated carbocycles. The molecule has 0 heterocycles. The minimum atomic E-state index is -0.940. The number of nitro groups is 1. The first kappa shape index (κ1) is 33.4. The number of aryl methyl sites for hydroxylation is 1. The number of rotatable bonds is 11. The number of carbonyl (C=O) groups is 2. The van der Waals surface area contributed by atoms with E-state index in [0.29, 0.717) is 6.42 Å². The highest BCUT2D eigenvalue weighted by atomic mass is 16.7. The Labute approximate surface area is 289 Å². The third kappa shape index (κ3) is 6.58. The van der Waals surface area contributed by atoms with Gasteiger partial charge in [0, 0.05) is 11.5 Å². The third-order valence-electron chi connectivity index (χ3n) is 11.3. The lowest BCUT2D eigenvalue weighted by Gasteiger charge is -2.57. The highest BCUT2D eigenvalue weighted by Crippen LogP contribution is 2.61. The van der Waals surface area contributed by atoms with E-state index in [0.717, 1.165) is 58.2 Å². The number of aromatic hydroxyl groups is 2. The number of nitro benzene ring substituents is 1. The van der Waals surface area contributed by atoms with Gasteiger partial charge in [0.1, 0.15) is 6.61 Å². The summed E-state index contributed by atoms with van der Waals surface area (Å²) >= 11 is 0. The van der Waals surface area contributed by atoms with Gasteiger partial charge in [-0.05, 0) is 132 Å². The summed E-state index contributed by atoms with van der Waals surface area (Å²) in [5.41, 5.74) is 5.08. The second-order valence-electron chi connectivity index (χ2n) is 14.7. The average Bonchev–Trinajstić information content (AvgIpc) is 3.08. The van der Waals surface area contributed by atoms with E-state index in [2.05, 4.69) is 30.3 Å². The largest absolute Gasteiger partial charge is 0.508 e. The molecule has 260 valence electrons. The summed E-state index contributed by atoms with van der Waals surface area (Å²) in [6.07, 6.45) is 8.12. The number of carboxylic acid groups (broad SMARTS) is 1. The van der Waals surface area contributed by atoms with Crippen LogP contribution in [0, 0.1) is 27.9 Å². The van der Waals surface area contributed by atoms with Crippen LogP contribution < -0.4 is 0 Å². The smallest absolute Gasteiger partial charge is 0.504 e. The fourth-order valence-electron chi connectivity index (χ4n) is 9.34. The maximum Gasteiger partial charge on any atom is 0.508 e. The molecule has 4 aliphatic carbocycles. The Morgan fingerprint density at radius 1 is 0.860 bits per heavy atom. The summed E-state index contributed by atoms with van der Waals surface area (Å²) in [7, 11) is 0. The van der Waals surface area contributed by atoms with Crippen LogP contribution in [0.15, 0.2) is 66.7 Å². The Balaban J connectivity index is 1.05. The lowest BCUT2D eigenvalue weighted by molar-refractivity contribution is -0.385. The summed E-state index contributed by atoms with van der Waals surface area (Å²) in [6, 6.07) is 20.1. The van der Waals surface area contributed by atoms with Crippen LogP contribution in [0.3, 0.4) is 0 Å². The van der Waals surface area contributed by atoms with Crippen LogP contribution in [-0.4, -0.2) is 45.6 Å². The summed E-state index contributed by atoms with van der Waals surface area (Å²) < 4.78 is 10.7. The molecule has 4 aliphatic rings. The van der Waals surface area contributed by atoms with Crippen LogP contribution in [0.2, 0.25) is 0 Å². The normalized spacial score (nSPS) is 22.7. The molecular weight excluding hydrogens is 638 g/mol. The standard InChI is InChI=1S/C40H41NO9/c1-23(33-17-36(42)37(43)18-35(33)41(47)48)22-50-39(46)49-10-2-3-27-4-5-31(29-6-7-30-15-32(38(44)45)9-8-28(30)14-29)16-34(27)40-19-24-11-25(20-40)13-26(12-24)21-40/h4-9,14-18,23-26,42-43H,2-3,10-13,19-22H2,1H3,(H,44,45). The van der Waals surface area contributed by atoms with Crippen molar-refractivity contribution in [2.45, 2.75) is 69.6 Å². The predicted octanol–water partition coefficient (Wildman–Crippen LogP) is 8.88. The molecule has 0 spiro atoms. The number of carbonyl (C=O) groups excluding carboxylic acids is 1. The van der Waals surface area contributed by atoms with Gasteiger partial charge in [-0.3, -0.25) is 10.1 Å². The van der Waals surface area contributed by atoms with Crippen LogP contribution in [-0.2, 0) is 21.3 Å². The van der Waals surface area contributed by atoms with E-state index < -0.39 is 34.5 Å². The molecule has 1 atom stereocenters. The molecule has 10 nitrogen and oxygen atoms in total. The summed E-state index contributed by atoms with van der Waals surface area (Å²) in [5, 5.41) is 42.3. The Kier molecular flexibility index (Phi) is 8.88. The van der Waals surface area contributed by atoms with Crippen molar-refractivity contribution in [3.63, 3.8) is 0 Å². The van der Waals surface area contributed by atoms with E-state index in [1.807, 2.05) is 12.1 Å². The number of phenols is 2. The Morgan fingerprint density at radius 3 is 2.16 bits per heavy atom. The van der Waals surface area contributed by atoms with Gasteiger partial charge in [0.25, 0.3) is 5.69 Å². The van der Waals surface area contributed by atoms with Gasteiger partial charge >= 0.3 is 12.1 Å². The first-order valence-electron chi connectivity index (χ1n) is 17.4. The number of phenolic OH excluding ortho intramolecular Hbond substituents is 2. The SMILES string of the molecule is CC(COC(=O)OCCCc1ccc(-c2ccc3cc(C(=O)O)ccc3c2)cc1C12CC3CC(CC(C3)C1)C2)c1cc(O)c(O)cc1[N+](=O)[O-]. The predicted molar refractivity (Wildman–Crippen MR) is 187 cm³/mol. The van der Waals surface area contributed by atoms with Crippen molar-refractivity contribution in [1.29, 1.82) is 0 Å². The first-order chi connectivity index (χ1) is 24.0. The molecule has 0 aliphatic heterocycles.